The predicted molar refractivity (Wildman–Crippen MR) is 95.8 cm³/mol. The van der Waals surface area contributed by atoms with Gasteiger partial charge in [0.2, 0.25) is 0 Å². The number of benzene rings is 2. The Bertz CT molecular complexity index is 736. The highest BCUT2D eigenvalue weighted by molar-refractivity contribution is 6.30. The van der Waals surface area contributed by atoms with Crippen LogP contribution in [0.15, 0.2) is 60.9 Å². The number of aromatic nitrogens is 2. The zero-order valence-electron chi connectivity index (χ0n) is 13.1. The average molecular weight is 326 g/mol. The van der Waals surface area contributed by atoms with Gasteiger partial charge >= 0.3 is 0 Å². The minimum atomic E-state index is 0.414. The van der Waals surface area contributed by atoms with Crippen LogP contribution in [0.3, 0.4) is 0 Å². The van der Waals surface area contributed by atoms with Gasteiger partial charge in [0.1, 0.15) is 0 Å². The molecular formula is C19H20ClN3. The van der Waals surface area contributed by atoms with Gasteiger partial charge in [-0.1, -0.05) is 48.0 Å². The Hall–Kier alpha value is -2.10. The third-order valence-electron chi connectivity index (χ3n) is 4.04. The molecule has 118 valence electrons. The molecule has 4 heteroatoms. The van der Waals surface area contributed by atoms with Gasteiger partial charge in [-0.25, -0.2) is 0 Å². The first-order valence-corrected chi connectivity index (χ1v) is 8.12. The van der Waals surface area contributed by atoms with E-state index in [-0.39, 0.29) is 0 Å². The lowest BCUT2D eigenvalue weighted by Crippen LogP contribution is -2.19. The number of halogens is 1. The van der Waals surface area contributed by atoms with Crippen molar-refractivity contribution in [1.29, 1.82) is 0 Å². The van der Waals surface area contributed by atoms with E-state index in [4.69, 9.17) is 11.6 Å². The summed E-state index contributed by atoms with van der Waals surface area (Å²) in [7, 11) is 1.99. The van der Waals surface area contributed by atoms with Crippen LogP contribution in [0.5, 0.6) is 0 Å². The second-order valence-corrected chi connectivity index (χ2v) is 6.13. The van der Waals surface area contributed by atoms with Gasteiger partial charge in [-0.15, -0.1) is 0 Å². The Balaban J connectivity index is 1.80. The van der Waals surface area contributed by atoms with Gasteiger partial charge in [-0.3, -0.25) is 5.10 Å². The second kappa shape index (κ2) is 7.44. The van der Waals surface area contributed by atoms with Gasteiger partial charge in [0.05, 0.1) is 6.20 Å². The molecule has 3 aromatic rings. The lowest BCUT2D eigenvalue weighted by Gasteiger charge is -2.18. The fourth-order valence-electron chi connectivity index (χ4n) is 2.86. The van der Waals surface area contributed by atoms with E-state index in [1.54, 1.807) is 0 Å². The quantitative estimate of drug-likeness (QED) is 0.710. The zero-order chi connectivity index (χ0) is 16.1. The summed E-state index contributed by atoms with van der Waals surface area (Å²) in [6.07, 6.45) is 4.71. The number of likely N-dealkylation sites (N-methyl/N-ethyl adjacent to an activating group) is 1. The summed E-state index contributed by atoms with van der Waals surface area (Å²) in [5.41, 5.74) is 4.87. The molecule has 0 radical (unpaired) electrons. The molecule has 1 unspecified atom stereocenters. The summed E-state index contributed by atoms with van der Waals surface area (Å²) in [5.74, 6) is 0.414. The third kappa shape index (κ3) is 4.01. The maximum atomic E-state index is 6.10. The summed E-state index contributed by atoms with van der Waals surface area (Å²) in [5, 5.41) is 10.9. The van der Waals surface area contributed by atoms with Crippen LogP contribution in [0.2, 0.25) is 5.02 Å². The molecule has 0 aliphatic rings. The van der Waals surface area contributed by atoms with Crippen molar-refractivity contribution in [3.63, 3.8) is 0 Å². The van der Waals surface area contributed by atoms with Gasteiger partial charge < -0.3 is 5.32 Å². The van der Waals surface area contributed by atoms with Crippen molar-refractivity contribution in [2.24, 2.45) is 0 Å². The largest absolute Gasteiger partial charge is 0.319 e. The number of rotatable bonds is 6. The first-order valence-electron chi connectivity index (χ1n) is 7.74. The molecule has 3 rings (SSSR count). The Labute approximate surface area is 141 Å². The first-order chi connectivity index (χ1) is 11.3. The van der Waals surface area contributed by atoms with Gasteiger partial charge in [-0.2, -0.15) is 5.10 Å². The monoisotopic (exact) mass is 325 g/mol. The highest BCUT2D eigenvalue weighted by atomic mass is 35.5. The number of nitrogens with zero attached hydrogens (tertiary/aromatic N) is 1. The second-order valence-electron chi connectivity index (χ2n) is 5.70. The topological polar surface area (TPSA) is 40.7 Å². The SMILES string of the molecule is CNCC(Cc1cccc(Cl)c1)c1ccc(-c2cn[nH]c2)cc1. The van der Waals surface area contributed by atoms with Crippen molar-refractivity contribution in [3.05, 3.63) is 77.1 Å². The smallest absolute Gasteiger partial charge is 0.0565 e. The summed E-state index contributed by atoms with van der Waals surface area (Å²) < 4.78 is 0. The molecule has 0 fully saturated rings. The fourth-order valence-corrected chi connectivity index (χ4v) is 3.07. The Morgan fingerprint density at radius 3 is 2.61 bits per heavy atom. The third-order valence-corrected chi connectivity index (χ3v) is 4.27. The molecule has 1 aromatic heterocycles. The number of H-pyrrole nitrogens is 1. The highest BCUT2D eigenvalue weighted by Crippen LogP contribution is 2.25. The van der Waals surface area contributed by atoms with E-state index in [0.717, 1.165) is 23.6 Å². The zero-order valence-corrected chi connectivity index (χ0v) is 13.8. The van der Waals surface area contributed by atoms with Crippen molar-refractivity contribution >= 4 is 11.6 Å². The summed E-state index contributed by atoms with van der Waals surface area (Å²) in [4.78, 5) is 0. The van der Waals surface area contributed by atoms with Crippen LogP contribution in [0.1, 0.15) is 17.0 Å². The van der Waals surface area contributed by atoms with Crippen molar-refractivity contribution in [2.45, 2.75) is 12.3 Å². The molecule has 2 aromatic carbocycles. The normalized spacial score (nSPS) is 12.3. The van der Waals surface area contributed by atoms with Crippen molar-refractivity contribution in [1.82, 2.24) is 15.5 Å². The summed E-state index contributed by atoms with van der Waals surface area (Å²) in [6.45, 7) is 0.928. The van der Waals surface area contributed by atoms with Gasteiger partial charge in [0.15, 0.2) is 0 Å². The van der Waals surface area contributed by atoms with E-state index >= 15 is 0 Å². The lowest BCUT2D eigenvalue weighted by atomic mass is 9.91. The van der Waals surface area contributed by atoms with Crippen molar-refractivity contribution in [2.75, 3.05) is 13.6 Å². The van der Waals surface area contributed by atoms with Gasteiger partial charge in [0, 0.05) is 29.2 Å². The minimum absolute atomic E-state index is 0.414. The number of hydrogen-bond donors (Lipinski definition) is 2. The van der Waals surface area contributed by atoms with E-state index < -0.39 is 0 Å². The van der Waals surface area contributed by atoms with Gasteiger partial charge in [0.25, 0.3) is 0 Å². The van der Waals surface area contributed by atoms with E-state index in [9.17, 15) is 0 Å². The molecule has 0 aliphatic carbocycles. The Morgan fingerprint density at radius 2 is 1.96 bits per heavy atom. The molecule has 0 saturated carbocycles. The Kier molecular flexibility index (Phi) is 5.11. The van der Waals surface area contributed by atoms with Crippen LogP contribution in [0, 0.1) is 0 Å². The van der Waals surface area contributed by atoms with Crippen molar-refractivity contribution in [3.8, 4) is 11.1 Å². The molecule has 0 amide bonds. The Morgan fingerprint density at radius 1 is 1.13 bits per heavy atom. The van der Waals surface area contributed by atoms with Crippen LogP contribution >= 0.6 is 11.6 Å². The fraction of sp³-hybridized carbons (Fsp3) is 0.211. The van der Waals surface area contributed by atoms with E-state index in [0.29, 0.717) is 5.92 Å². The molecule has 23 heavy (non-hydrogen) atoms. The van der Waals surface area contributed by atoms with E-state index in [1.165, 1.54) is 16.7 Å². The van der Waals surface area contributed by atoms with E-state index in [2.05, 4.69) is 45.8 Å². The molecule has 0 aliphatic heterocycles. The number of hydrogen-bond acceptors (Lipinski definition) is 2. The number of aromatic amines is 1. The maximum Gasteiger partial charge on any atom is 0.0565 e. The van der Waals surface area contributed by atoms with Gasteiger partial charge in [-0.05, 0) is 42.3 Å². The summed E-state index contributed by atoms with van der Waals surface area (Å²) in [6, 6.07) is 16.8. The molecule has 3 nitrogen and oxygen atoms in total. The van der Waals surface area contributed by atoms with Crippen LogP contribution in [0.4, 0.5) is 0 Å². The molecule has 1 atom stereocenters. The van der Waals surface area contributed by atoms with Crippen LogP contribution in [0.25, 0.3) is 11.1 Å². The minimum Gasteiger partial charge on any atom is -0.319 e. The molecule has 0 bridgehead atoms. The van der Waals surface area contributed by atoms with Crippen LogP contribution < -0.4 is 5.32 Å². The van der Waals surface area contributed by atoms with Crippen LogP contribution in [-0.4, -0.2) is 23.8 Å². The summed E-state index contributed by atoms with van der Waals surface area (Å²) >= 11 is 6.10. The lowest BCUT2D eigenvalue weighted by molar-refractivity contribution is 0.626. The molecular weight excluding hydrogens is 306 g/mol. The molecule has 0 spiro atoms. The highest BCUT2D eigenvalue weighted by Gasteiger charge is 2.12. The molecule has 0 saturated heterocycles. The average Bonchev–Trinajstić information content (AvgIpc) is 3.09. The molecule has 1 heterocycles. The maximum absolute atomic E-state index is 6.10. The standard InChI is InChI=1S/C19H20ClN3/c1-21-11-17(9-14-3-2-4-19(20)10-14)15-5-7-16(8-6-15)18-12-22-23-13-18/h2-8,10,12-13,17,21H,9,11H2,1H3,(H,22,23). The number of nitrogens with one attached hydrogen (secondary N) is 2. The first kappa shape index (κ1) is 15.8. The van der Waals surface area contributed by atoms with Crippen LogP contribution in [-0.2, 0) is 6.42 Å². The molecule has 2 N–H and O–H groups in total. The predicted octanol–water partition coefficient (Wildman–Crippen LogP) is 4.28. The van der Waals surface area contributed by atoms with E-state index in [1.807, 2.05) is 37.6 Å². The van der Waals surface area contributed by atoms with Crippen molar-refractivity contribution < 1.29 is 0 Å².